The van der Waals surface area contributed by atoms with Gasteiger partial charge in [-0.05, 0) is 37.1 Å². The molecule has 0 aliphatic heterocycles. The van der Waals surface area contributed by atoms with Gasteiger partial charge in [0.15, 0.2) is 0 Å². The molecular weight excluding hydrogens is 254 g/mol. The normalized spacial score (nSPS) is 13.9. The van der Waals surface area contributed by atoms with E-state index in [1.807, 2.05) is 43.3 Å². The van der Waals surface area contributed by atoms with Crippen LogP contribution in [0.3, 0.4) is 0 Å². The van der Waals surface area contributed by atoms with E-state index in [2.05, 4.69) is 5.32 Å². The lowest BCUT2D eigenvalue weighted by Gasteiger charge is -2.12. The molecule has 2 atom stereocenters. The van der Waals surface area contributed by atoms with Crippen molar-refractivity contribution in [3.63, 3.8) is 0 Å². The Bertz CT molecular complexity index is 546. The largest absolute Gasteiger partial charge is 0.481 e. The van der Waals surface area contributed by atoms with E-state index in [0.29, 0.717) is 6.54 Å². The van der Waals surface area contributed by atoms with E-state index < -0.39 is 11.9 Å². The summed E-state index contributed by atoms with van der Waals surface area (Å²) in [7, 11) is 0. The summed E-state index contributed by atoms with van der Waals surface area (Å²) in [5.74, 6) is -0.373. The van der Waals surface area contributed by atoms with Crippen molar-refractivity contribution in [2.75, 3.05) is 0 Å². The van der Waals surface area contributed by atoms with Crippen LogP contribution < -0.4 is 5.32 Å². The summed E-state index contributed by atoms with van der Waals surface area (Å²) in [6, 6.07) is 11.6. The Balaban J connectivity index is 1.92. The zero-order valence-corrected chi connectivity index (χ0v) is 11.7. The van der Waals surface area contributed by atoms with Gasteiger partial charge in [-0.15, -0.1) is 0 Å². The number of carboxylic acids is 1. The molecule has 0 bridgehead atoms. The van der Waals surface area contributed by atoms with Crippen LogP contribution in [-0.4, -0.2) is 11.1 Å². The molecule has 4 heteroatoms. The van der Waals surface area contributed by atoms with Crippen LogP contribution in [0.25, 0.3) is 0 Å². The molecule has 0 saturated carbocycles. The Hall–Kier alpha value is -2.07. The molecule has 20 heavy (non-hydrogen) atoms. The third kappa shape index (κ3) is 3.48. The first-order chi connectivity index (χ1) is 9.58. The molecule has 2 rings (SSSR count). The van der Waals surface area contributed by atoms with Crippen molar-refractivity contribution in [3.05, 3.63) is 59.5 Å². The lowest BCUT2D eigenvalue weighted by Crippen LogP contribution is -2.17. The van der Waals surface area contributed by atoms with Gasteiger partial charge in [-0.25, -0.2) is 0 Å². The molecule has 0 aliphatic carbocycles. The number of furan rings is 1. The summed E-state index contributed by atoms with van der Waals surface area (Å²) >= 11 is 0. The summed E-state index contributed by atoms with van der Waals surface area (Å²) in [5, 5.41) is 12.3. The molecular formula is C16H19NO3. The number of carboxylic acid groups (broad SMARTS) is 1. The fourth-order valence-electron chi connectivity index (χ4n) is 1.98. The van der Waals surface area contributed by atoms with E-state index in [0.717, 1.165) is 16.9 Å². The molecule has 0 aliphatic rings. The smallest absolute Gasteiger partial charge is 0.310 e. The second-order valence-corrected chi connectivity index (χ2v) is 4.92. The Morgan fingerprint density at radius 3 is 2.50 bits per heavy atom. The van der Waals surface area contributed by atoms with Crippen molar-refractivity contribution in [2.24, 2.45) is 0 Å². The highest BCUT2D eigenvalue weighted by molar-refractivity contribution is 5.75. The monoisotopic (exact) mass is 273 g/mol. The van der Waals surface area contributed by atoms with Gasteiger partial charge >= 0.3 is 5.97 Å². The predicted octanol–water partition coefficient (Wildman–Crippen LogP) is 3.32. The minimum absolute atomic E-state index is 0.141. The van der Waals surface area contributed by atoms with Gasteiger partial charge in [-0.2, -0.15) is 0 Å². The van der Waals surface area contributed by atoms with E-state index in [1.54, 1.807) is 13.2 Å². The number of hydrogen-bond donors (Lipinski definition) is 2. The molecule has 0 saturated heterocycles. The van der Waals surface area contributed by atoms with Crippen molar-refractivity contribution in [1.82, 2.24) is 5.32 Å². The van der Waals surface area contributed by atoms with Crippen LogP contribution in [0.1, 0.15) is 42.7 Å². The molecule has 1 heterocycles. The molecule has 0 amide bonds. The lowest BCUT2D eigenvalue weighted by atomic mass is 10.00. The quantitative estimate of drug-likeness (QED) is 0.847. The highest BCUT2D eigenvalue weighted by Crippen LogP contribution is 2.17. The molecule has 106 valence electrons. The van der Waals surface area contributed by atoms with Gasteiger partial charge in [0.25, 0.3) is 0 Å². The lowest BCUT2D eigenvalue weighted by molar-refractivity contribution is -0.138. The molecule has 1 aromatic heterocycles. The van der Waals surface area contributed by atoms with Gasteiger partial charge in [0.05, 0.1) is 18.2 Å². The standard InChI is InChI=1S/C16H19NO3/c1-11(16(18)19)14-7-5-13(6-8-14)10-17-12(2)15-4-3-9-20-15/h3-9,11-12,17H,10H2,1-2H3,(H,18,19)/t11?,12-/m1/s1. The van der Waals surface area contributed by atoms with Gasteiger partial charge in [-0.1, -0.05) is 24.3 Å². The fraction of sp³-hybridized carbons (Fsp3) is 0.312. The van der Waals surface area contributed by atoms with Crippen LogP contribution in [0.15, 0.2) is 47.1 Å². The van der Waals surface area contributed by atoms with Crippen LogP contribution in [0.2, 0.25) is 0 Å². The van der Waals surface area contributed by atoms with E-state index in [1.165, 1.54) is 0 Å². The summed E-state index contributed by atoms with van der Waals surface area (Å²) in [4.78, 5) is 10.9. The molecule has 0 spiro atoms. The van der Waals surface area contributed by atoms with E-state index >= 15 is 0 Å². The van der Waals surface area contributed by atoms with Crippen LogP contribution in [0.4, 0.5) is 0 Å². The molecule has 2 aromatic rings. The third-order valence-electron chi connectivity index (χ3n) is 3.43. The maximum atomic E-state index is 10.9. The van der Waals surface area contributed by atoms with Crippen LogP contribution in [-0.2, 0) is 11.3 Å². The topological polar surface area (TPSA) is 62.5 Å². The van der Waals surface area contributed by atoms with Crippen LogP contribution in [0.5, 0.6) is 0 Å². The number of hydrogen-bond acceptors (Lipinski definition) is 3. The Morgan fingerprint density at radius 1 is 1.25 bits per heavy atom. The fourth-order valence-corrected chi connectivity index (χ4v) is 1.98. The first-order valence-electron chi connectivity index (χ1n) is 6.66. The first kappa shape index (κ1) is 14.3. The van der Waals surface area contributed by atoms with Gasteiger partial charge < -0.3 is 14.8 Å². The maximum absolute atomic E-state index is 10.9. The second-order valence-electron chi connectivity index (χ2n) is 4.92. The molecule has 1 unspecified atom stereocenters. The van der Waals surface area contributed by atoms with Gasteiger partial charge in [0.2, 0.25) is 0 Å². The van der Waals surface area contributed by atoms with Crippen LogP contribution >= 0.6 is 0 Å². The SMILES string of the molecule is CC(C(=O)O)c1ccc(CN[C@H](C)c2ccco2)cc1. The maximum Gasteiger partial charge on any atom is 0.310 e. The number of nitrogens with one attached hydrogen (secondary N) is 1. The highest BCUT2D eigenvalue weighted by atomic mass is 16.4. The van der Waals surface area contributed by atoms with E-state index in [9.17, 15) is 4.79 Å². The van der Waals surface area contributed by atoms with Crippen LogP contribution in [0, 0.1) is 0 Å². The summed E-state index contributed by atoms with van der Waals surface area (Å²) in [6.45, 7) is 4.44. The zero-order valence-electron chi connectivity index (χ0n) is 11.7. The molecule has 0 radical (unpaired) electrons. The second kappa shape index (κ2) is 6.39. The predicted molar refractivity (Wildman–Crippen MR) is 76.5 cm³/mol. The van der Waals surface area contributed by atoms with Crippen molar-refractivity contribution < 1.29 is 14.3 Å². The summed E-state index contributed by atoms with van der Waals surface area (Å²) < 4.78 is 5.33. The molecule has 0 fully saturated rings. The molecule has 2 N–H and O–H groups in total. The van der Waals surface area contributed by atoms with E-state index in [4.69, 9.17) is 9.52 Å². The van der Waals surface area contributed by atoms with Gasteiger partial charge in [0, 0.05) is 6.54 Å². The highest BCUT2D eigenvalue weighted by Gasteiger charge is 2.13. The Kier molecular flexibility index (Phi) is 4.58. The number of rotatable bonds is 6. The summed E-state index contributed by atoms with van der Waals surface area (Å²) in [6.07, 6.45) is 1.66. The van der Waals surface area contributed by atoms with Crippen molar-refractivity contribution in [2.45, 2.75) is 32.4 Å². The number of carbonyl (C=O) groups is 1. The molecule has 1 aromatic carbocycles. The third-order valence-corrected chi connectivity index (χ3v) is 3.43. The van der Waals surface area contributed by atoms with Gasteiger partial charge in [0.1, 0.15) is 5.76 Å². The first-order valence-corrected chi connectivity index (χ1v) is 6.66. The zero-order chi connectivity index (χ0) is 14.5. The van der Waals surface area contributed by atoms with Crippen molar-refractivity contribution in [3.8, 4) is 0 Å². The minimum atomic E-state index is -0.803. The molecule has 4 nitrogen and oxygen atoms in total. The van der Waals surface area contributed by atoms with Crippen molar-refractivity contribution in [1.29, 1.82) is 0 Å². The number of benzene rings is 1. The average molecular weight is 273 g/mol. The Morgan fingerprint density at radius 2 is 1.95 bits per heavy atom. The van der Waals surface area contributed by atoms with Gasteiger partial charge in [-0.3, -0.25) is 4.79 Å². The number of aliphatic carboxylic acids is 1. The summed E-state index contributed by atoms with van der Waals surface area (Å²) in [5.41, 5.74) is 1.94. The van der Waals surface area contributed by atoms with Crippen molar-refractivity contribution >= 4 is 5.97 Å². The Labute approximate surface area is 118 Å². The minimum Gasteiger partial charge on any atom is -0.481 e. The average Bonchev–Trinajstić information content (AvgIpc) is 2.98. The van der Waals surface area contributed by atoms with E-state index in [-0.39, 0.29) is 6.04 Å².